The van der Waals surface area contributed by atoms with Crippen LogP contribution in [0.15, 0.2) is 58.2 Å². The highest BCUT2D eigenvalue weighted by Crippen LogP contribution is 2.14. The minimum absolute atomic E-state index is 0.219. The second-order valence-corrected chi connectivity index (χ2v) is 6.10. The van der Waals surface area contributed by atoms with Crippen molar-refractivity contribution in [3.8, 4) is 0 Å². The zero-order chi connectivity index (χ0) is 18.2. The van der Waals surface area contributed by atoms with Gasteiger partial charge in [-0.05, 0) is 50.2 Å². The summed E-state index contributed by atoms with van der Waals surface area (Å²) < 4.78 is 5.20. The number of hydrogen-bond acceptors (Lipinski definition) is 5. The molecule has 26 heavy (non-hydrogen) atoms. The fourth-order valence-electron chi connectivity index (χ4n) is 2.82. The summed E-state index contributed by atoms with van der Waals surface area (Å²) in [6.45, 7) is 2.00. The number of amides is 3. The molecule has 3 rings (SSSR count). The molecule has 0 unspecified atom stereocenters. The van der Waals surface area contributed by atoms with Crippen LogP contribution < -0.4 is 10.3 Å². The van der Waals surface area contributed by atoms with Gasteiger partial charge in [0.2, 0.25) is 5.91 Å². The van der Waals surface area contributed by atoms with Gasteiger partial charge in [-0.3, -0.25) is 15.0 Å². The lowest BCUT2D eigenvalue weighted by Gasteiger charge is -2.25. The first-order valence-electron chi connectivity index (χ1n) is 8.71. The number of para-hydroxylation sites is 1. The highest BCUT2D eigenvalue weighted by atomic mass is 16.3. The van der Waals surface area contributed by atoms with E-state index >= 15 is 0 Å². The molecule has 0 aliphatic carbocycles. The molecule has 1 aliphatic heterocycles. The smallest absolute Gasteiger partial charge is 0.349 e. The lowest BCUT2D eigenvalue weighted by atomic mass is 10.1. The van der Waals surface area contributed by atoms with Gasteiger partial charge in [-0.15, -0.1) is 0 Å². The van der Waals surface area contributed by atoms with E-state index in [2.05, 4.69) is 15.3 Å². The van der Waals surface area contributed by atoms with Gasteiger partial charge in [-0.1, -0.05) is 24.6 Å². The molecule has 0 saturated carbocycles. The van der Waals surface area contributed by atoms with E-state index in [1.54, 1.807) is 36.4 Å². The molecular formula is C19H22N4O3. The van der Waals surface area contributed by atoms with Gasteiger partial charge in [0.25, 0.3) is 0 Å². The Morgan fingerprint density at radius 1 is 1.12 bits per heavy atom. The number of nitrogens with one attached hydrogen (secondary N) is 1. The van der Waals surface area contributed by atoms with Crippen molar-refractivity contribution in [3.63, 3.8) is 0 Å². The summed E-state index contributed by atoms with van der Waals surface area (Å²) in [4.78, 5) is 26.9. The largest absolute Gasteiger partial charge is 0.463 e. The van der Waals surface area contributed by atoms with Gasteiger partial charge in [-0.25, -0.2) is 4.79 Å². The van der Waals surface area contributed by atoms with Crippen LogP contribution in [0.4, 0.5) is 10.5 Å². The van der Waals surface area contributed by atoms with Crippen molar-refractivity contribution < 1.29 is 14.0 Å². The third-order valence-electron chi connectivity index (χ3n) is 4.10. The molecule has 7 heteroatoms. The van der Waals surface area contributed by atoms with Crippen LogP contribution in [-0.4, -0.2) is 42.7 Å². The Bertz CT molecular complexity index is 737. The highest BCUT2D eigenvalue weighted by Gasteiger charge is 2.20. The number of furan rings is 1. The van der Waals surface area contributed by atoms with Crippen LogP contribution in [0.25, 0.3) is 0 Å². The number of anilines is 1. The fourth-order valence-corrected chi connectivity index (χ4v) is 2.82. The molecule has 3 amide bonds. The van der Waals surface area contributed by atoms with E-state index < -0.39 is 6.03 Å². The Labute approximate surface area is 152 Å². The van der Waals surface area contributed by atoms with Gasteiger partial charge in [0.15, 0.2) is 0 Å². The van der Waals surface area contributed by atoms with Crippen LogP contribution in [0.3, 0.4) is 0 Å². The molecule has 1 fully saturated rings. The number of hydrazone groups is 1. The Kier molecular flexibility index (Phi) is 6.16. The number of carbonyl (C=O) groups is 2. The average Bonchev–Trinajstić information content (AvgIpc) is 3.17. The zero-order valence-electron chi connectivity index (χ0n) is 14.5. The van der Waals surface area contributed by atoms with Crippen molar-refractivity contribution in [1.82, 2.24) is 10.2 Å². The maximum Gasteiger partial charge on any atom is 0.349 e. The van der Waals surface area contributed by atoms with Crippen LogP contribution in [0.1, 0.15) is 25.0 Å². The summed E-state index contributed by atoms with van der Waals surface area (Å²) in [5.74, 6) is 0.185. The molecule has 2 heterocycles. The molecule has 1 aromatic heterocycles. The number of benzene rings is 1. The summed E-state index contributed by atoms with van der Waals surface area (Å²) in [7, 11) is 0. The molecule has 1 aromatic carbocycles. The number of piperidine rings is 1. The molecule has 1 saturated heterocycles. The monoisotopic (exact) mass is 354 g/mol. The minimum atomic E-state index is -0.596. The van der Waals surface area contributed by atoms with Crippen molar-refractivity contribution in [2.45, 2.75) is 19.3 Å². The summed E-state index contributed by atoms with van der Waals surface area (Å²) in [6.07, 6.45) is 6.33. The molecular weight excluding hydrogens is 332 g/mol. The first-order chi connectivity index (χ1) is 12.7. The number of hydrogen-bond donors (Lipinski definition) is 1. The minimum Gasteiger partial charge on any atom is -0.463 e. The van der Waals surface area contributed by atoms with Gasteiger partial charge >= 0.3 is 6.03 Å². The fraction of sp³-hybridized carbons (Fsp3) is 0.316. The van der Waals surface area contributed by atoms with Gasteiger partial charge in [0, 0.05) is 0 Å². The SMILES string of the molecule is O=C(CN1CCCCC1)NC(=O)N(/N=C\c1ccco1)c1ccccc1. The van der Waals surface area contributed by atoms with E-state index in [0.717, 1.165) is 30.9 Å². The summed E-state index contributed by atoms with van der Waals surface area (Å²) >= 11 is 0. The van der Waals surface area contributed by atoms with Crippen LogP contribution >= 0.6 is 0 Å². The van der Waals surface area contributed by atoms with Crippen molar-refractivity contribution >= 4 is 23.8 Å². The van der Waals surface area contributed by atoms with E-state index in [-0.39, 0.29) is 12.5 Å². The Balaban J connectivity index is 1.67. The molecule has 0 spiro atoms. The Morgan fingerprint density at radius 2 is 1.88 bits per heavy atom. The van der Waals surface area contributed by atoms with E-state index in [4.69, 9.17) is 4.42 Å². The van der Waals surface area contributed by atoms with Crippen molar-refractivity contribution in [1.29, 1.82) is 0 Å². The van der Waals surface area contributed by atoms with Gasteiger partial charge in [0.1, 0.15) is 5.76 Å². The van der Waals surface area contributed by atoms with Crippen LogP contribution in [0.2, 0.25) is 0 Å². The third kappa shape index (κ3) is 5.03. The van der Waals surface area contributed by atoms with Crippen LogP contribution in [-0.2, 0) is 4.79 Å². The molecule has 0 radical (unpaired) electrons. The molecule has 136 valence electrons. The lowest BCUT2D eigenvalue weighted by Crippen LogP contribution is -2.46. The van der Waals surface area contributed by atoms with Gasteiger partial charge < -0.3 is 4.42 Å². The lowest BCUT2D eigenvalue weighted by molar-refractivity contribution is -0.121. The maximum absolute atomic E-state index is 12.6. The molecule has 0 atom stereocenters. The standard InChI is InChI=1S/C19H22N4O3/c24-18(15-22-11-5-2-6-12-22)21-19(25)23(16-8-3-1-4-9-16)20-14-17-10-7-13-26-17/h1,3-4,7-10,13-14H,2,5-6,11-12,15H2,(H,21,24,25)/b20-14-. The number of carbonyl (C=O) groups excluding carboxylic acids is 2. The molecule has 1 aliphatic rings. The third-order valence-corrected chi connectivity index (χ3v) is 4.10. The number of likely N-dealkylation sites (tertiary alicyclic amines) is 1. The van der Waals surface area contributed by atoms with Crippen molar-refractivity contribution in [2.75, 3.05) is 24.6 Å². The first kappa shape index (κ1) is 17.9. The number of urea groups is 1. The van der Waals surface area contributed by atoms with Gasteiger partial charge in [0.05, 0.1) is 24.7 Å². The number of nitrogens with zero attached hydrogens (tertiary/aromatic N) is 3. The molecule has 2 aromatic rings. The first-order valence-corrected chi connectivity index (χ1v) is 8.71. The Morgan fingerprint density at radius 3 is 2.58 bits per heavy atom. The van der Waals surface area contributed by atoms with E-state index in [1.165, 1.54) is 18.9 Å². The van der Waals surface area contributed by atoms with Gasteiger partial charge in [-0.2, -0.15) is 10.1 Å². The molecule has 0 bridgehead atoms. The zero-order valence-corrected chi connectivity index (χ0v) is 14.5. The number of rotatable bonds is 5. The maximum atomic E-state index is 12.6. The van der Waals surface area contributed by atoms with E-state index in [0.29, 0.717) is 11.4 Å². The van der Waals surface area contributed by atoms with Crippen LogP contribution in [0.5, 0.6) is 0 Å². The van der Waals surface area contributed by atoms with E-state index in [9.17, 15) is 9.59 Å². The highest BCUT2D eigenvalue weighted by molar-refractivity contribution is 6.03. The average molecular weight is 354 g/mol. The quantitative estimate of drug-likeness (QED) is 0.661. The second kappa shape index (κ2) is 8.96. The molecule has 1 N–H and O–H groups in total. The summed E-state index contributed by atoms with van der Waals surface area (Å²) in [5, 5.41) is 7.74. The predicted octanol–water partition coefficient (Wildman–Crippen LogP) is 2.84. The normalized spacial score (nSPS) is 15.1. The van der Waals surface area contributed by atoms with Crippen molar-refractivity contribution in [2.24, 2.45) is 5.10 Å². The predicted molar refractivity (Wildman–Crippen MR) is 99.1 cm³/mol. The van der Waals surface area contributed by atoms with Crippen molar-refractivity contribution in [3.05, 3.63) is 54.5 Å². The Hall–Kier alpha value is -2.93. The summed E-state index contributed by atoms with van der Waals surface area (Å²) in [5.41, 5.74) is 0.554. The summed E-state index contributed by atoms with van der Waals surface area (Å²) in [6, 6.07) is 11.8. The van der Waals surface area contributed by atoms with Crippen LogP contribution in [0, 0.1) is 0 Å². The second-order valence-electron chi connectivity index (χ2n) is 6.10. The number of imide groups is 1. The topological polar surface area (TPSA) is 78.2 Å². The van der Waals surface area contributed by atoms with E-state index in [1.807, 2.05) is 6.07 Å². The molecule has 7 nitrogen and oxygen atoms in total.